The van der Waals surface area contributed by atoms with Crippen molar-refractivity contribution in [3.05, 3.63) is 22.4 Å². The Morgan fingerprint density at radius 2 is 2.25 bits per heavy atom. The SMILES string of the molecule is CCNC(=NCC1CCCN(C)C1c1cccs1)NCCN1C(=O)CNC1=O. The summed E-state index contributed by atoms with van der Waals surface area (Å²) in [4.78, 5) is 33.2. The number of rotatable bonds is 7. The second-order valence-electron chi connectivity index (χ2n) is 7.19. The predicted octanol–water partition coefficient (Wildman–Crippen LogP) is 1.24. The first kappa shape index (κ1) is 20.6. The Morgan fingerprint density at radius 1 is 1.39 bits per heavy atom. The first-order valence-electron chi connectivity index (χ1n) is 9.94. The lowest BCUT2D eigenvalue weighted by atomic mass is 9.88. The summed E-state index contributed by atoms with van der Waals surface area (Å²) >= 11 is 1.81. The number of likely N-dealkylation sites (tertiary alicyclic amines) is 1. The average molecular weight is 407 g/mol. The van der Waals surface area contributed by atoms with E-state index in [0.29, 0.717) is 25.0 Å². The Morgan fingerprint density at radius 3 is 2.93 bits per heavy atom. The van der Waals surface area contributed by atoms with Gasteiger partial charge in [-0.2, -0.15) is 0 Å². The minimum absolute atomic E-state index is 0.0896. The molecule has 0 aromatic carbocycles. The van der Waals surface area contributed by atoms with Gasteiger partial charge >= 0.3 is 6.03 Å². The van der Waals surface area contributed by atoms with Crippen LogP contribution in [0, 0.1) is 5.92 Å². The minimum Gasteiger partial charge on any atom is -0.357 e. The Kier molecular flexibility index (Phi) is 7.27. The van der Waals surface area contributed by atoms with Crippen LogP contribution in [0.2, 0.25) is 0 Å². The van der Waals surface area contributed by atoms with E-state index in [1.54, 1.807) is 0 Å². The van der Waals surface area contributed by atoms with Gasteiger partial charge in [-0.1, -0.05) is 6.07 Å². The quantitative estimate of drug-likeness (QED) is 0.360. The van der Waals surface area contributed by atoms with Gasteiger partial charge in [0, 0.05) is 37.1 Å². The minimum atomic E-state index is -0.322. The van der Waals surface area contributed by atoms with Crippen molar-refractivity contribution in [1.82, 2.24) is 25.8 Å². The molecule has 0 saturated carbocycles. The maximum atomic E-state index is 11.7. The van der Waals surface area contributed by atoms with Crippen molar-refractivity contribution in [2.45, 2.75) is 25.8 Å². The molecular formula is C19H30N6O2S. The third-order valence-corrected chi connectivity index (χ3v) is 6.18. The van der Waals surface area contributed by atoms with Crippen molar-refractivity contribution >= 4 is 29.2 Å². The summed E-state index contributed by atoms with van der Waals surface area (Å²) in [6, 6.07) is 4.42. The fraction of sp³-hybridized carbons (Fsp3) is 0.632. The lowest BCUT2D eigenvalue weighted by Gasteiger charge is -2.38. The van der Waals surface area contributed by atoms with Gasteiger partial charge in [0.2, 0.25) is 5.91 Å². The number of carbonyl (C=O) groups excluding carboxylic acids is 2. The highest BCUT2D eigenvalue weighted by atomic mass is 32.1. The average Bonchev–Trinajstić information content (AvgIpc) is 3.31. The number of aliphatic imine (C=N–C) groups is 1. The number of carbonyl (C=O) groups is 2. The molecule has 2 aliphatic heterocycles. The van der Waals surface area contributed by atoms with E-state index in [0.717, 1.165) is 32.0 Å². The monoisotopic (exact) mass is 406 g/mol. The molecule has 0 spiro atoms. The van der Waals surface area contributed by atoms with Crippen LogP contribution in [0.5, 0.6) is 0 Å². The molecule has 3 amide bonds. The van der Waals surface area contributed by atoms with Gasteiger partial charge in [0.25, 0.3) is 0 Å². The number of imide groups is 1. The highest BCUT2D eigenvalue weighted by molar-refractivity contribution is 7.10. The Balaban J connectivity index is 1.58. The molecule has 9 heteroatoms. The molecule has 8 nitrogen and oxygen atoms in total. The molecule has 3 heterocycles. The van der Waals surface area contributed by atoms with Crippen molar-refractivity contribution in [3.8, 4) is 0 Å². The van der Waals surface area contributed by atoms with Crippen LogP contribution in [-0.4, -0.2) is 74.0 Å². The number of hydrogen-bond acceptors (Lipinski definition) is 5. The van der Waals surface area contributed by atoms with Crippen LogP contribution in [-0.2, 0) is 4.79 Å². The number of hydrogen-bond donors (Lipinski definition) is 3. The van der Waals surface area contributed by atoms with Gasteiger partial charge < -0.3 is 16.0 Å². The summed E-state index contributed by atoms with van der Waals surface area (Å²) in [5.41, 5.74) is 0. The third-order valence-electron chi connectivity index (χ3n) is 5.23. The lowest BCUT2D eigenvalue weighted by Crippen LogP contribution is -2.44. The molecule has 2 aliphatic rings. The maximum Gasteiger partial charge on any atom is 0.324 e. The first-order valence-corrected chi connectivity index (χ1v) is 10.8. The van der Waals surface area contributed by atoms with Crippen LogP contribution >= 0.6 is 11.3 Å². The molecule has 2 unspecified atom stereocenters. The van der Waals surface area contributed by atoms with Crippen LogP contribution in [0.25, 0.3) is 0 Å². The van der Waals surface area contributed by atoms with Gasteiger partial charge in [0.15, 0.2) is 5.96 Å². The summed E-state index contributed by atoms with van der Waals surface area (Å²) in [6.07, 6.45) is 2.35. The smallest absolute Gasteiger partial charge is 0.324 e. The summed E-state index contributed by atoms with van der Waals surface area (Å²) in [6.45, 7) is 5.54. The summed E-state index contributed by atoms with van der Waals surface area (Å²) in [7, 11) is 2.20. The molecule has 0 radical (unpaired) electrons. The molecule has 1 aromatic rings. The van der Waals surface area contributed by atoms with E-state index in [4.69, 9.17) is 4.99 Å². The second kappa shape index (κ2) is 9.88. The van der Waals surface area contributed by atoms with Gasteiger partial charge in [-0.3, -0.25) is 19.6 Å². The summed E-state index contributed by atoms with van der Waals surface area (Å²) in [5, 5.41) is 11.2. The normalized spacial score (nSPS) is 23.8. The van der Waals surface area contributed by atoms with Crippen molar-refractivity contribution in [1.29, 1.82) is 0 Å². The van der Waals surface area contributed by atoms with E-state index in [1.165, 1.54) is 16.2 Å². The number of guanidine groups is 1. The molecule has 3 rings (SSSR count). The van der Waals surface area contributed by atoms with E-state index in [9.17, 15) is 9.59 Å². The number of nitrogens with one attached hydrogen (secondary N) is 3. The molecule has 0 bridgehead atoms. The van der Waals surface area contributed by atoms with Crippen molar-refractivity contribution < 1.29 is 9.59 Å². The topological polar surface area (TPSA) is 89.1 Å². The molecule has 28 heavy (non-hydrogen) atoms. The number of thiophene rings is 1. The summed E-state index contributed by atoms with van der Waals surface area (Å²) in [5.74, 6) is 1.02. The molecule has 154 valence electrons. The number of amides is 3. The van der Waals surface area contributed by atoms with Crippen LogP contribution in [0.4, 0.5) is 4.79 Å². The molecule has 1 aromatic heterocycles. The highest BCUT2D eigenvalue weighted by Gasteiger charge is 2.31. The van der Waals surface area contributed by atoms with Crippen molar-refractivity contribution in [2.24, 2.45) is 10.9 Å². The Bertz CT molecular complexity index is 677. The zero-order chi connectivity index (χ0) is 19.9. The van der Waals surface area contributed by atoms with E-state index in [2.05, 4.69) is 45.4 Å². The number of piperidine rings is 1. The van der Waals surface area contributed by atoms with Gasteiger partial charge in [-0.05, 0) is 50.7 Å². The predicted molar refractivity (Wildman–Crippen MR) is 112 cm³/mol. The zero-order valence-electron chi connectivity index (χ0n) is 16.6. The third kappa shape index (κ3) is 5.02. The van der Waals surface area contributed by atoms with E-state index < -0.39 is 0 Å². The largest absolute Gasteiger partial charge is 0.357 e. The first-order chi connectivity index (χ1) is 13.6. The molecular weight excluding hydrogens is 376 g/mol. The van der Waals surface area contributed by atoms with Gasteiger partial charge in [0.05, 0.1) is 6.54 Å². The van der Waals surface area contributed by atoms with E-state index in [1.807, 2.05) is 18.3 Å². The molecule has 0 aliphatic carbocycles. The molecule has 2 atom stereocenters. The van der Waals surface area contributed by atoms with E-state index >= 15 is 0 Å². The zero-order valence-corrected chi connectivity index (χ0v) is 17.4. The van der Waals surface area contributed by atoms with E-state index in [-0.39, 0.29) is 18.5 Å². The van der Waals surface area contributed by atoms with Crippen LogP contribution in [0.3, 0.4) is 0 Å². The second-order valence-corrected chi connectivity index (χ2v) is 8.17. The molecule has 2 saturated heterocycles. The Hall–Kier alpha value is -2.13. The standard InChI is InChI=1S/C19H30N6O2S/c1-3-20-18(21-8-10-25-16(26)13-23-19(25)27)22-12-14-6-4-9-24(2)17(14)15-7-5-11-28-15/h5,7,11,14,17H,3-4,6,8-10,12-13H2,1-2H3,(H,23,27)(H2,20,21,22). The van der Waals surface area contributed by atoms with Gasteiger partial charge in [-0.15, -0.1) is 11.3 Å². The fourth-order valence-corrected chi connectivity index (χ4v) is 4.86. The Labute approximate surface area is 170 Å². The lowest BCUT2D eigenvalue weighted by molar-refractivity contribution is -0.124. The number of urea groups is 1. The van der Waals surface area contributed by atoms with Crippen molar-refractivity contribution in [3.63, 3.8) is 0 Å². The van der Waals surface area contributed by atoms with Gasteiger partial charge in [0.1, 0.15) is 0 Å². The highest BCUT2D eigenvalue weighted by Crippen LogP contribution is 2.37. The number of nitrogens with zero attached hydrogens (tertiary/aromatic N) is 3. The van der Waals surface area contributed by atoms with Crippen LogP contribution in [0.1, 0.15) is 30.7 Å². The van der Waals surface area contributed by atoms with Crippen molar-refractivity contribution in [2.75, 3.05) is 46.3 Å². The van der Waals surface area contributed by atoms with Crippen LogP contribution in [0.15, 0.2) is 22.5 Å². The van der Waals surface area contributed by atoms with Crippen LogP contribution < -0.4 is 16.0 Å². The molecule has 2 fully saturated rings. The summed E-state index contributed by atoms with van der Waals surface area (Å²) < 4.78 is 0. The fourth-order valence-electron chi connectivity index (χ4n) is 3.88. The maximum absolute atomic E-state index is 11.7. The van der Waals surface area contributed by atoms with Gasteiger partial charge in [-0.25, -0.2) is 4.79 Å². The molecule has 3 N–H and O–H groups in total.